The summed E-state index contributed by atoms with van der Waals surface area (Å²) < 4.78 is 7.08. The van der Waals surface area contributed by atoms with Crippen molar-refractivity contribution in [1.29, 1.82) is 0 Å². The van der Waals surface area contributed by atoms with E-state index < -0.39 is 5.43 Å². The Hall–Kier alpha value is -1.50. The Morgan fingerprint density at radius 1 is 1.29 bits per heavy atom. The molecule has 8 heteroatoms. The molecule has 4 rings (SSSR count). The molecule has 0 saturated carbocycles. The van der Waals surface area contributed by atoms with E-state index in [4.69, 9.17) is 27.6 Å². The summed E-state index contributed by atoms with van der Waals surface area (Å²) in [5.41, 5.74) is -0.632. The van der Waals surface area contributed by atoms with Gasteiger partial charge in [0.15, 0.2) is 16.1 Å². The van der Waals surface area contributed by atoms with E-state index in [1.165, 1.54) is 28.5 Å². The average molecular weight is 341 g/mol. The predicted octanol–water partition coefficient (Wildman–Crippen LogP) is 2.92. The highest BCUT2D eigenvalue weighted by Crippen LogP contribution is 2.29. The van der Waals surface area contributed by atoms with Crippen LogP contribution in [0.1, 0.15) is 0 Å². The first-order valence-corrected chi connectivity index (χ1v) is 7.79. The van der Waals surface area contributed by atoms with Gasteiger partial charge in [0.05, 0.1) is 10.4 Å². The van der Waals surface area contributed by atoms with Crippen LogP contribution in [0, 0.1) is 0 Å². The minimum atomic E-state index is -0.458. The monoisotopic (exact) mass is 340 g/mol. The van der Waals surface area contributed by atoms with Crippen LogP contribution >= 0.6 is 35.0 Å². The van der Waals surface area contributed by atoms with Crippen LogP contribution in [0.2, 0.25) is 10.0 Å². The van der Waals surface area contributed by atoms with Gasteiger partial charge >= 0.3 is 0 Å². The van der Waals surface area contributed by atoms with Crippen LogP contribution in [0.5, 0.6) is 0 Å². The number of halogens is 2. The molecule has 1 aliphatic heterocycles. The fraction of sp³-hybridized carbons (Fsp3) is 0.154. The maximum atomic E-state index is 12.6. The fourth-order valence-electron chi connectivity index (χ4n) is 2.38. The van der Waals surface area contributed by atoms with Crippen molar-refractivity contribution in [3.8, 4) is 0 Å². The van der Waals surface area contributed by atoms with Gasteiger partial charge in [-0.05, 0) is 12.1 Å². The van der Waals surface area contributed by atoms with Gasteiger partial charge in [0.1, 0.15) is 0 Å². The quantitative estimate of drug-likeness (QED) is 0.465. The molecule has 0 bridgehead atoms. The summed E-state index contributed by atoms with van der Waals surface area (Å²) in [6, 6.07) is 2.93. The minimum Gasteiger partial charge on any atom is -0.436 e. The van der Waals surface area contributed by atoms with Crippen molar-refractivity contribution >= 4 is 57.0 Å². The smallest absolute Gasteiger partial charge is 0.269 e. The Morgan fingerprint density at radius 2 is 2.10 bits per heavy atom. The Kier molecular flexibility index (Phi) is 2.82. The zero-order valence-corrected chi connectivity index (χ0v) is 12.7. The lowest BCUT2D eigenvalue weighted by Crippen LogP contribution is -2.25. The summed E-state index contributed by atoms with van der Waals surface area (Å²) in [6.07, 6.45) is 0. The Morgan fingerprint density at radius 3 is 2.90 bits per heavy atom. The van der Waals surface area contributed by atoms with Crippen LogP contribution in [0.15, 0.2) is 31.3 Å². The molecule has 0 amide bonds. The highest BCUT2D eigenvalue weighted by Gasteiger charge is 2.22. The predicted molar refractivity (Wildman–Crippen MR) is 82.8 cm³/mol. The maximum Gasteiger partial charge on any atom is 0.269 e. The second-order valence-electron chi connectivity index (χ2n) is 4.58. The number of hydrogen-bond donors (Lipinski definition) is 0. The topological polar surface area (TPSA) is 65.1 Å². The van der Waals surface area contributed by atoms with Gasteiger partial charge < -0.3 is 4.42 Å². The van der Waals surface area contributed by atoms with Gasteiger partial charge in [0.25, 0.3) is 5.56 Å². The minimum absolute atomic E-state index is 0.0161. The van der Waals surface area contributed by atoms with E-state index in [1.54, 1.807) is 0 Å². The van der Waals surface area contributed by atoms with Crippen molar-refractivity contribution < 1.29 is 4.42 Å². The SMILES string of the molecule is O=c1c2cc(Cl)cc(Cl)c2oc2nc3n(c(=O)c12)CCS3. The lowest BCUT2D eigenvalue weighted by atomic mass is 10.2. The summed E-state index contributed by atoms with van der Waals surface area (Å²) in [7, 11) is 0. The van der Waals surface area contributed by atoms with E-state index in [2.05, 4.69) is 4.98 Å². The number of fused-ring (bicyclic) bond motifs is 3. The lowest BCUT2D eigenvalue weighted by molar-refractivity contribution is 0.606. The molecule has 0 unspecified atom stereocenters. The molecule has 106 valence electrons. The molecule has 0 radical (unpaired) electrons. The Balaban J connectivity index is 2.29. The van der Waals surface area contributed by atoms with E-state index in [0.29, 0.717) is 16.7 Å². The van der Waals surface area contributed by atoms with E-state index in [-0.39, 0.29) is 32.7 Å². The first kappa shape index (κ1) is 13.2. The van der Waals surface area contributed by atoms with Crippen LogP contribution in [0.25, 0.3) is 22.1 Å². The molecule has 21 heavy (non-hydrogen) atoms. The van der Waals surface area contributed by atoms with Crippen molar-refractivity contribution in [1.82, 2.24) is 9.55 Å². The largest absolute Gasteiger partial charge is 0.436 e. The summed E-state index contributed by atoms with van der Waals surface area (Å²) in [4.78, 5) is 29.3. The molecule has 1 aromatic carbocycles. The number of hydrogen-bond acceptors (Lipinski definition) is 5. The molecule has 0 fully saturated rings. The summed E-state index contributed by atoms with van der Waals surface area (Å²) in [6.45, 7) is 0.537. The number of nitrogens with zero attached hydrogens (tertiary/aromatic N) is 2. The summed E-state index contributed by atoms with van der Waals surface area (Å²) in [5.74, 6) is 0.749. The zero-order valence-electron chi connectivity index (χ0n) is 10.4. The fourth-order valence-corrected chi connectivity index (χ4v) is 3.85. The highest BCUT2D eigenvalue weighted by molar-refractivity contribution is 7.99. The number of rotatable bonds is 0. The molecule has 0 atom stereocenters. The van der Waals surface area contributed by atoms with Crippen LogP contribution in [-0.4, -0.2) is 15.3 Å². The standard InChI is InChI=1S/C13H6Cl2N2O3S/c14-5-3-6-9(18)8-11(20-10(6)7(15)4-5)16-13-17(12(8)19)1-2-21-13/h3-4H,1-2H2. The van der Waals surface area contributed by atoms with Gasteiger partial charge in [-0.15, -0.1) is 0 Å². The van der Waals surface area contributed by atoms with E-state index >= 15 is 0 Å². The van der Waals surface area contributed by atoms with Gasteiger partial charge in [0.2, 0.25) is 11.1 Å². The summed E-state index contributed by atoms with van der Waals surface area (Å²) in [5, 5.41) is 1.20. The van der Waals surface area contributed by atoms with E-state index in [0.717, 1.165) is 5.75 Å². The number of aromatic nitrogens is 2. The van der Waals surface area contributed by atoms with Crippen LogP contribution in [0.4, 0.5) is 0 Å². The lowest BCUT2D eigenvalue weighted by Gasteiger charge is -2.05. The second kappa shape index (κ2) is 4.50. The van der Waals surface area contributed by atoms with Gasteiger partial charge in [-0.3, -0.25) is 14.2 Å². The van der Waals surface area contributed by atoms with Gasteiger partial charge in [-0.2, -0.15) is 4.98 Å². The summed E-state index contributed by atoms with van der Waals surface area (Å²) >= 11 is 13.4. The van der Waals surface area contributed by atoms with Crippen LogP contribution in [0.3, 0.4) is 0 Å². The third-order valence-corrected chi connectivity index (χ3v) is 4.78. The van der Waals surface area contributed by atoms with Crippen molar-refractivity contribution in [2.45, 2.75) is 11.7 Å². The van der Waals surface area contributed by atoms with E-state index in [9.17, 15) is 9.59 Å². The van der Waals surface area contributed by atoms with Crippen LogP contribution < -0.4 is 11.0 Å². The normalized spacial score (nSPS) is 14.0. The molecule has 0 spiro atoms. The Labute approximate surface area is 131 Å². The average Bonchev–Trinajstić information content (AvgIpc) is 2.89. The molecule has 3 aromatic rings. The molecular weight excluding hydrogens is 335 g/mol. The van der Waals surface area contributed by atoms with Gasteiger partial charge in [0, 0.05) is 17.3 Å². The highest BCUT2D eigenvalue weighted by atomic mass is 35.5. The molecule has 0 saturated heterocycles. The zero-order chi connectivity index (χ0) is 14.7. The number of benzene rings is 1. The van der Waals surface area contributed by atoms with Gasteiger partial charge in [-0.1, -0.05) is 35.0 Å². The van der Waals surface area contributed by atoms with Crippen molar-refractivity contribution in [3.63, 3.8) is 0 Å². The van der Waals surface area contributed by atoms with Crippen molar-refractivity contribution in [2.75, 3.05) is 5.75 Å². The third kappa shape index (κ3) is 1.83. The maximum absolute atomic E-state index is 12.6. The third-order valence-electron chi connectivity index (χ3n) is 3.33. The molecule has 2 aromatic heterocycles. The first-order valence-electron chi connectivity index (χ1n) is 6.05. The molecule has 0 aliphatic carbocycles. The molecular formula is C13H6Cl2N2O3S. The van der Waals surface area contributed by atoms with Crippen molar-refractivity contribution in [2.24, 2.45) is 0 Å². The van der Waals surface area contributed by atoms with Gasteiger partial charge in [-0.25, -0.2) is 0 Å². The Bertz CT molecular complexity index is 1040. The second-order valence-corrected chi connectivity index (χ2v) is 6.48. The molecule has 3 heterocycles. The molecule has 1 aliphatic rings. The first-order chi connectivity index (χ1) is 10.1. The molecule has 0 N–H and O–H groups in total. The molecule has 5 nitrogen and oxygen atoms in total. The van der Waals surface area contributed by atoms with Crippen molar-refractivity contribution in [3.05, 3.63) is 42.8 Å². The number of thioether (sulfide) groups is 1. The van der Waals surface area contributed by atoms with Crippen LogP contribution in [-0.2, 0) is 6.54 Å². The van der Waals surface area contributed by atoms with E-state index in [1.807, 2.05) is 0 Å².